The first-order chi connectivity index (χ1) is 14.9. The van der Waals surface area contributed by atoms with E-state index in [-0.39, 0.29) is 5.71 Å². The van der Waals surface area contributed by atoms with Crippen LogP contribution in [0.5, 0.6) is 0 Å². The standard InChI is InChI=1S/C23H20F3N3O2/c24-23(25,26)22(30)12-21(29-31-22)17-9-7-16(8-10-17)13-28-15-18-4-1-2-6-20(18)19-5-3-11-27-14-19/h1-11,14,28,30H,12-13,15H2. The number of alkyl halides is 3. The third kappa shape index (κ3) is 4.60. The molecule has 0 fully saturated rings. The lowest BCUT2D eigenvalue weighted by Crippen LogP contribution is -2.45. The van der Waals surface area contributed by atoms with Gasteiger partial charge in [-0.3, -0.25) is 4.98 Å². The molecule has 0 aliphatic carbocycles. The molecule has 0 saturated heterocycles. The maximum absolute atomic E-state index is 12.9. The molecular formula is C23H20F3N3O2. The normalized spacial score (nSPS) is 18.5. The largest absolute Gasteiger partial charge is 0.458 e. The number of benzene rings is 2. The number of aromatic nitrogens is 1. The van der Waals surface area contributed by atoms with Crippen LogP contribution in [0.4, 0.5) is 13.2 Å². The van der Waals surface area contributed by atoms with Gasteiger partial charge in [0.25, 0.3) is 0 Å². The van der Waals surface area contributed by atoms with E-state index in [4.69, 9.17) is 0 Å². The molecule has 1 aliphatic rings. The molecule has 0 bridgehead atoms. The highest BCUT2D eigenvalue weighted by atomic mass is 19.4. The number of hydrogen-bond acceptors (Lipinski definition) is 5. The van der Waals surface area contributed by atoms with Gasteiger partial charge in [0.15, 0.2) is 0 Å². The molecule has 0 spiro atoms. The van der Waals surface area contributed by atoms with E-state index in [0.29, 0.717) is 18.7 Å². The molecule has 0 radical (unpaired) electrons. The van der Waals surface area contributed by atoms with Gasteiger partial charge in [0.1, 0.15) is 0 Å². The van der Waals surface area contributed by atoms with Crippen molar-refractivity contribution in [2.24, 2.45) is 5.16 Å². The predicted octanol–water partition coefficient (Wildman–Crippen LogP) is 4.41. The molecule has 4 rings (SSSR count). The Balaban J connectivity index is 1.37. The monoisotopic (exact) mass is 427 g/mol. The van der Waals surface area contributed by atoms with E-state index in [0.717, 1.165) is 22.3 Å². The lowest BCUT2D eigenvalue weighted by molar-refractivity contribution is -0.355. The van der Waals surface area contributed by atoms with Crippen molar-refractivity contribution in [2.45, 2.75) is 31.5 Å². The van der Waals surface area contributed by atoms with Gasteiger partial charge in [-0.15, -0.1) is 0 Å². The highest BCUT2D eigenvalue weighted by Crippen LogP contribution is 2.38. The topological polar surface area (TPSA) is 66.7 Å². The quantitative estimate of drug-likeness (QED) is 0.612. The summed E-state index contributed by atoms with van der Waals surface area (Å²) < 4.78 is 38.6. The van der Waals surface area contributed by atoms with E-state index in [9.17, 15) is 18.3 Å². The first-order valence-electron chi connectivity index (χ1n) is 9.68. The minimum atomic E-state index is -4.91. The highest BCUT2D eigenvalue weighted by Gasteiger charge is 2.60. The minimum Gasteiger partial charge on any atom is -0.350 e. The summed E-state index contributed by atoms with van der Waals surface area (Å²) in [5.74, 6) is -3.26. The molecule has 2 heterocycles. The third-order valence-electron chi connectivity index (χ3n) is 5.08. The number of aliphatic hydroxyl groups is 1. The third-order valence-corrected chi connectivity index (χ3v) is 5.08. The molecule has 160 valence electrons. The Hall–Kier alpha value is -3.23. The van der Waals surface area contributed by atoms with E-state index in [1.54, 1.807) is 18.3 Å². The molecule has 0 saturated carbocycles. The summed E-state index contributed by atoms with van der Waals surface area (Å²) in [6.45, 7) is 1.23. The van der Waals surface area contributed by atoms with Gasteiger partial charge in [0, 0.05) is 31.0 Å². The Morgan fingerprint density at radius 1 is 0.968 bits per heavy atom. The van der Waals surface area contributed by atoms with Crippen molar-refractivity contribution >= 4 is 5.71 Å². The second-order valence-electron chi connectivity index (χ2n) is 7.29. The van der Waals surface area contributed by atoms with Crippen LogP contribution >= 0.6 is 0 Å². The first kappa shape index (κ1) is 21.0. The molecule has 1 aromatic heterocycles. The van der Waals surface area contributed by atoms with Crippen LogP contribution in [0.3, 0.4) is 0 Å². The summed E-state index contributed by atoms with van der Waals surface area (Å²) in [4.78, 5) is 8.44. The van der Waals surface area contributed by atoms with Gasteiger partial charge in [0.05, 0.1) is 12.1 Å². The van der Waals surface area contributed by atoms with Gasteiger partial charge < -0.3 is 15.3 Å². The maximum Gasteiger partial charge on any atom is 0.458 e. The summed E-state index contributed by atoms with van der Waals surface area (Å²) in [5.41, 5.74) is 4.79. The second-order valence-corrected chi connectivity index (χ2v) is 7.29. The van der Waals surface area contributed by atoms with Crippen LogP contribution < -0.4 is 5.32 Å². The number of nitrogens with zero attached hydrogens (tertiary/aromatic N) is 2. The molecule has 2 aromatic carbocycles. The number of oxime groups is 1. The SMILES string of the molecule is OC1(C(F)(F)F)CC(c2ccc(CNCc3ccccc3-c3cccnc3)cc2)=NO1. The van der Waals surface area contributed by atoms with Gasteiger partial charge in [0.2, 0.25) is 0 Å². The van der Waals surface area contributed by atoms with Crippen LogP contribution in [0.2, 0.25) is 0 Å². The number of halogens is 3. The summed E-state index contributed by atoms with van der Waals surface area (Å²) in [5, 5.41) is 16.4. The average molecular weight is 427 g/mol. The molecule has 3 aromatic rings. The minimum absolute atomic E-state index is 0.0599. The van der Waals surface area contributed by atoms with E-state index in [1.807, 2.05) is 42.6 Å². The van der Waals surface area contributed by atoms with Gasteiger partial charge in [-0.1, -0.05) is 59.8 Å². The van der Waals surface area contributed by atoms with E-state index in [2.05, 4.69) is 32.4 Å². The van der Waals surface area contributed by atoms with Crippen LogP contribution in [-0.2, 0) is 17.9 Å². The predicted molar refractivity (Wildman–Crippen MR) is 110 cm³/mol. The molecule has 1 unspecified atom stereocenters. The van der Waals surface area contributed by atoms with Gasteiger partial charge >= 0.3 is 12.0 Å². The van der Waals surface area contributed by atoms with Crippen LogP contribution in [0.25, 0.3) is 11.1 Å². The Bertz CT molecular complexity index is 1070. The lowest BCUT2D eigenvalue weighted by Gasteiger charge is -2.22. The maximum atomic E-state index is 12.9. The Morgan fingerprint density at radius 2 is 1.74 bits per heavy atom. The van der Waals surface area contributed by atoms with Crippen LogP contribution in [0.1, 0.15) is 23.1 Å². The fourth-order valence-corrected chi connectivity index (χ4v) is 3.36. The molecule has 1 aliphatic heterocycles. The first-order valence-corrected chi connectivity index (χ1v) is 9.68. The average Bonchev–Trinajstić information content (AvgIpc) is 3.19. The zero-order valence-corrected chi connectivity index (χ0v) is 16.4. The molecular weight excluding hydrogens is 407 g/mol. The fraction of sp³-hybridized carbons (Fsp3) is 0.217. The van der Waals surface area contributed by atoms with E-state index >= 15 is 0 Å². The number of rotatable bonds is 6. The summed E-state index contributed by atoms with van der Waals surface area (Å²) in [6.07, 6.45) is -2.08. The number of hydrogen-bond donors (Lipinski definition) is 2. The fourth-order valence-electron chi connectivity index (χ4n) is 3.36. The zero-order chi connectivity index (χ0) is 21.9. The van der Waals surface area contributed by atoms with E-state index < -0.39 is 18.4 Å². The van der Waals surface area contributed by atoms with Gasteiger partial charge in [-0.2, -0.15) is 13.2 Å². The molecule has 1 atom stereocenters. The second kappa shape index (κ2) is 8.49. The van der Waals surface area contributed by atoms with Crippen molar-refractivity contribution in [1.29, 1.82) is 0 Å². The van der Waals surface area contributed by atoms with Crippen molar-refractivity contribution in [1.82, 2.24) is 10.3 Å². The summed E-state index contributed by atoms with van der Waals surface area (Å²) in [7, 11) is 0. The van der Waals surface area contributed by atoms with Crippen molar-refractivity contribution in [3.05, 3.63) is 89.7 Å². The molecule has 5 nitrogen and oxygen atoms in total. The summed E-state index contributed by atoms with van der Waals surface area (Å²) in [6, 6.07) is 18.9. The zero-order valence-electron chi connectivity index (χ0n) is 16.4. The Kier molecular flexibility index (Phi) is 5.75. The molecule has 8 heteroatoms. The van der Waals surface area contributed by atoms with Crippen molar-refractivity contribution in [3.8, 4) is 11.1 Å². The van der Waals surface area contributed by atoms with Crippen molar-refractivity contribution in [2.75, 3.05) is 0 Å². The Morgan fingerprint density at radius 3 is 2.42 bits per heavy atom. The molecule has 0 amide bonds. The smallest absolute Gasteiger partial charge is 0.350 e. The van der Waals surface area contributed by atoms with Crippen LogP contribution in [0.15, 0.2) is 78.2 Å². The lowest BCUT2D eigenvalue weighted by atomic mass is 10.0. The highest BCUT2D eigenvalue weighted by molar-refractivity contribution is 6.01. The van der Waals surface area contributed by atoms with Gasteiger partial charge in [-0.25, -0.2) is 0 Å². The van der Waals surface area contributed by atoms with Crippen molar-refractivity contribution < 1.29 is 23.1 Å². The van der Waals surface area contributed by atoms with Crippen LogP contribution in [-0.4, -0.2) is 27.8 Å². The van der Waals surface area contributed by atoms with Crippen LogP contribution in [0, 0.1) is 0 Å². The molecule has 31 heavy (non-hydrogen) atoms. The summed E-state index contributed by atoms with van der Waals surface area (Å²) >= 11 is 0. The van der Waals surface area contributed by atoms with Crippen molar-refractivity contribution in [3.63, 3.8) is 0 Å². The van der Waals surface area contributed by atoms with Gasteiger partial charge in [-0.05, 0) is 28.3 Å². The van der Waals surface area contributed by atoms with E-state index in [1.165, 1.54) is 0 Å². The Labute approximate surface area is 177 Å². The number of nitrogens with one attached hydrogen (secondary N) is 1. The molecule has 2 N–H and O–H groups in total. The number of pyridine rings is 1.